The summed E-state index contributed by atoms with van der Waals surface area (Å²) in [5, 5.41) is 2.16. The highest BCUT2D eigenvalue weighted by Gasteiger charge is 1.97. The van der Waals surface area contributed by atoms with Gasteiger partial charge in [0.1, 0.15) is 5.82 Å². The number of hydrogen-bond donors (Lipinski definition) is 0. The van der Waals surface area contributed by atoms with Gasteiger partial charge in [-0.25, -0.2) is 4.39 Å². The van der Waals surface area contributed by atoms with Crippen molar-refractivity contribution in [3.63, 3.8) is 0 Å². The van der Waals surface area contributed by atoms with E-state index in [1.807, 2.05) is 0 Å². The van der Waals surface area contributed by atoms with Gasteiger partial charge in [-0.05, 0) is 40.3 Å². The largest absolute Gasteiger partial charge is 0.206 e. The Morgan fingerprint density at radius 1 is 1.55 bits per heavy atom. The third-order valence-corrected chi connectivity index (χ3v) is 1.81. The maximum atomic E-state index is 12.7. The fraction of sp³-hybridized carbons (Fsp3) is 0. The zero-order valence-corrected chi connectivity index (χ0v) is 7.75. The molecule has 1 aromatic carbocycles. The Hall–Kier alpha value is -0.570. The van der Waals surface area contributed by atoms with Crippen molar-refractivity contribution >= 4 is 39.0 Å². The fourth-order valence-electron chi connectivity index (χ4n) is 0.607. The molecule has 0 fully saturated rings. The van der Waals surface area contributed by atoms with Crippen molar-refractivity contribution in [2.45, 2.75) is 0 Å². The van der Waals surface area contributed by atoms with E-state index in [1.165, 1.54) is 6.07 Å². The first-order valence-corrected chi connectivity index (χ1v) is 3.97. The van der Waals surface area contributed by atoms with E-state index in [4.69, 9.17) is 0 Å². The van der Waals surface area contributed by atoms with Gasteiger partial charge < -0.3 is 0 Å². The summed E-state index contributed by atoms with van der Waals surface area (Å²) in [4.78, 5) is 3.61. The number of thiocarbonyl (C=S) groups is 1. The SMILES string of the molecule is Fc1cc(N=C=S)ccc1Br. The Morgan fingerprint density at radius 3 is 2.82 bits per heavy atom. The molecule has 0 atom stereocenters. The molecule has 0 aliphatic rings. The highest BCUT2D eigenvalue weighted by atomic mass is 79.9. The van der Waals surface area contributed by atoms with Crippen molar-refractivity contribution < 1.29 is 4.39 Å². The van der Waals surface area contributed by atoms with Crippen LogP contribution >= 0.6 is 28.1 Å². The summed E-state index contributed by atoms with van der Waals surface area (Å²) < 4.78 is 13.2. The van der Waals surface area contributed by atoms with Gasteiger partial charge in [0.15, 0.2) is 0 Å². The highest BCUT2D eigenvalue weighted by molar-refractivity contribution is 9.10. The van der Waals surface area contributed by atoms with Gasteiger partial charge in [0.05, 0.1) is 15.3 Å². The molecule has 0 heterocycles. The number of benzene rings is 1. The highest BCUT2D eigenvalue weighted by Crippen LogP contribution is 2.20. The first-order chi connectivity index (χ1) is 5.24. The van der Waals surface area contributed by atoms with Crippen LogP contribution in [-0.4, -0.2) is 5.16 Å². The van der Waals surface area contributed by atoms with E-state index in [-0.39, 0.29) is 5.82 Å². The van der Waals surface area contributed by atoms with Crippen LogP contribution in [0.25, 0.3) is 0 Å². The summed E-state index contributed by atoms with van der Waals surface area (Å²) in [6, 6.07) is 4.50. The molecule has 56 valence electrons. The van der Waals surface area contributed by atoms with Crippen molar-refractivity contribution in [2.75, 3.05) is 0 Å². The van der Waals surface area contributed by atoms with E-state index in [9.17, 15) is 4.39 Å². The summed E-state index contributed by atoms with van der Waals surface area (Å²) in [6.45, 7) is 0. The maximum absolute atomic E-state index is 12.7. The zero-order chi connectivity index (χ0) is 8.27. The molecule has 0 bridgehead atoms. The molecular formula is C7H3BrFNS. The van der Waals surface area contributed by atoms with Gasteiger partial charge in [-0.2, -0.15) is 4.99 Å². The Labute approximate surface area is 77.1 Å². The Balaban J connectivity index is 3.14. The molecule has 1 aromatic rings. The second-order valence-corrected chi connectivity index (χ2v) is 2.84. The van der Waals surface area contributed by atoms with E-state index in [0.717, 1.165) is 0 Å². The van der Waals surface area contributed by atoms with Gasteiger partial charge in [0.25, 0.3) is 0 Å². The minimum atomic E-state index is -0.350. The zero-order valence-electron chi connectivity index (χ0n) is 5.34. The summed E-state index contributed by atoms with van der Waals surface area (Å²) >= 11 is 7.38. The summed E-state index contributed by atoms with van der Waals surface area (Å²) in [5.41, 5.74) is 0.473. The molecule has 0 aliphatic carbocycles. The number of aliphatic imine (C=N–C) groups is 1. The number of hydrogen-bond acceptors (Lipinski definition) is 2. The second-order valence-electron chi connectivity index (χ2n) is 1.80. The lowest BCUT2D eigenvalue weighted by molar-refractivity contribution is 0.621. The van der Waals surface area contributed by atoms with Crippen molar-refractivity contribution in [3.8, 4) is 0 Å². The normalized spacial score (nSPS) is 8.91. The van der Waals surface area contributed by atoms with Crippen LogP contribution in [0.4, 0.5) is 10.1 Å². The molecule has 0 saturated heterocycles. The van der Waals surface area contributed by atoms with Gasteiger partial charge >= 0.3 is 0 Å². The van der Waals surface area contributed by atoms with Crippen molar-refractivity contribution in [2.24, 2.45) is 4.99 Å². The standard InChI is InChI=1S/C7H3BrFNS/c8-6-2-1-5(10-4-11)3-7(6)9/h1-3H. The number of isothiocyanates is 1. The quantitative estimate of drug-likeness (QED) is 0.534. The van der Waals surface area contributed by atoms with Crippen LogP contribution in [0.2, 0.25) is 0 Å². The van der Waals surface area contributed by atoms with E-state index in [1.54, 1.807) is 12.1 Å². The minimum absolute atomic E-state index is 0.350. The topological polar surface area (TPSA) is 12.4 Å². The molecule has 0 N–H and O–H groups in total. The number of halogens is 2. The van der Waals surface area contributed by atoms with E-state index < -0.39 is 0 Å². The van der Waals surface area contributed by atoms with Crippen molar-refractivity contribution in [1.82, 2.24) is 0 Å². The fourth-order valence-corrected chi connectivity index (χ4v) is 0.959. The van der Waals surface area contributed by atoms with Gasteiger partial charge in [0.2, 0.25) is 0 Å². The van der Waals surface area contributed by atoms with Crippen LogP contribution in [0.1, 0.15) is 0 Å². The molecule has 0 spiro atoms. The van der Waals surface area contributed by atoms with E-state index in [0.29, 0.717) is 10.2 Å². The summed E-state index contributed by atoms with van der Waals surface area (Å²) in [7, 11) is 0. The smallest absolute Gasteiger partial charge is 0.139 e. The predicted octanol–water partition coefficient (Wildman–Crippen LogP) is 3.32. The third-order valence-electron chi connectivity index (χ3n) is 1.08. The first kappa shape index (κ1) is 8.53. The van der Waals surface area contributed by atoms with Gasteiger partial charge in [-0.3, -0.25) is 0 Å². The molecule has 0 aliphatic heterocycles. The third kappa shape index (κ3) is 2.19. The molecule has 0 saturated carbocycles. The summed E-state index contributed by atoms with van der Waals surface area (Å²) in [6.07, 6.45) is 0. The average molecular weight is 232 g/mol. The lowest BCUT2D eigenvalue weighted by atomic mass is 10.3. The molecule has 1 nitrogen and oxygen atoms in total. The molecule has 0 amide bonds. The Morgan fingerprint density at radius 2 is 2.27 bits per heavy atom. The molecule has 11 heavy (non-hydrogen) atoms. The Bertz CT molecular complexity index is 320. The Kier molecular flexibility index (Phi) is 2.88. The van der Waals surface area contributed by atoms with Crippen molar-refractivity contribution in [1.29, 1.82) is 0 Å². The average Bonchev–Trinajstić information content (AvgIpc) is 1.98. The number of nitrogens with zero attached hydrogens (tertiary/aromatic N) is 1. The van der Waals surface area contributed by atoms with Crippen LogP contribution in [0.3, 0.4) is 0 Å². The van der Waals surface area contributed by atoms with E-state index in [2.05, 4.69) is 38.3 Å². The van der Waals surface area contributed by atoms with Crippen LogP contribution in [0.15, 0.2) is 27.7 Å². The summed E-state index contributed by atoms with van der Waals surface area (Å²) in [5.74, 6) is -0.350. The van der Waals surface area contributed by atoms with Crippen LogP contribution in [-0.2, 0) is 0 Å². The monoisotopic (exact) mass is 231 g/mol. The molecule has 0 radical (unpaired) electrons. The molecular weight excluding hydrogens is 229 g/mol. The van der Waals surface area contributed by atoms with Crippen molar-refractivity contribution in [3.05, 3.63) is 28.5 Å². The van der Waals surface area contributed by atoms with Gasteiger partial charge in [-0.1, -0.05) is 0 Å². The van der Waals surface area contributed by atoms with Gasteiger partial charge in [-0.15, -0.1) is 0 Å². The molecule has 1 rings (SSSR count). The lowest BCUT2D eigenvalue weighted by Gasteiger charge is -1.93. The lowest BCUT2D eigenvalue weighted by Crippen LogP contribution is -1.74. The second kappa shape index (κ2) is 3.72. The van der Waals surface area contributed by atoms with Gasteiger partial charge in [0, 0.05) is 6.07 Å². The number of rotatable bonds is 1. The first-order valence-electron chi connectivity index (χ1n) is 2.77. The van der Waals surface area contributed by atoms with Crippen LogP contribution in [0, 0.1) is 5.82 Å². The molecule has 4 heteroatoms. The predicted molar refractivity (Wildman–Crippen MR) is 48.8 cm³/mol. The molecule has 0 unspecified atom stereocenters. The van der Waals surface area contributed by atoms with E-state index >= 15 is 0 Å². The minimum Gasteiger partial charge on any atom is -0.206 e. The van der Waals surface area contributed by atoms with Crippen LogP contribution in [0.5, 0.6) is 0 Å². The van der Waals surface area contributed by atoms with Crippen LogP contribution < -0.4 is 0 Å². The maximum Gasteiger partial charge on any atom is 0.139 e. The molecule has 0 aromatic heterocycles.